The fourth-order valence-corrected chi connectivity index (χ4v) is 2.07. The van der Waals surface area contributed by atoms with Crippen molar-refractivity contribution >= 4 is 0 Å². The number of aliphatic hydroxyl groups is 1. The topological polar surface area (TPSA) is 38.0 Å². The summed E-state index contributed by atoms with van der Waals surface area (Å²) in [5.74, 6) is 0. The molecule has 1 unspecified atom stereocenters. The average molecular weight is 206 g/mol. The summed E-state index contributed by atoms with van der Waals surface area (Å²) in [5, 5.41) is 14.1. The van der Waals surface area contributed by atoms with E-state index in [0.29, 0.717) is 0 Å². The number of hydrogen-bond donors (Lipinski definition) is 1. The molecule has 1 aromatic rings. The second-order valence-corrected chi connectivity index (χ2v) is 4.28. The molecular weight excluding hydrogens is 188 g/mol. The standard InChI is InChI=1S/C12H18N2O/c1-14-9-11(8-13-14)12(15)7-10-5-3-2-4-6-10/h5,8-9,12,15H,2-4,6-7H2,1H3. The van der Waals surface area contributed by atoms with Crippen molar-refractivity contribution in [3.05, 3.63) is 29.6 Å². The molecule has 1 aromatic heterocycles. The first-order chi connectivity index (χ1) is 7.25. The number of aromatic nitrogens is 2. The summed E-state index contributed by atoms with van der Waals surface area (Å²) in [4.78, 5) is 0. The van der Waals surface area contributed by atoms with Gasteiger partial charge in [0.05, 0.1) is 12.3 Å². The molecule has 0 amide bonds. The van der Waals surface area contributed by atoms with Crippen molar-refractivity contribution in [3.8, 4) is 0 Å². The molecule has 1 N–H and O–H groups in total. The van der Waals surface area contributed by atoms with Gasteiger partial charge in [0, 0.05) is 18.8 Å². The zero-order valence-electron chi connectivity index (χ0n) is 9.19. The highest BCUT2D eigenvalue weighted by molar-refractivity contribution is 5.14. The Labute approximate surface area is 90.4 Å². The molecule has 0 aromatic carbocycles. The predicted octanol–water partition coefficient (Wildman–Crippen LogP) is 2.34. The van der Waals surface area contributed by atoms with Gasteiger partial charge in [-0.3, -0.25) is 4.68 Å². The van der Waals surface area contributed by atoms with Crippen molar-refractivity contribution in [2.45, 2.75) is 38.2 Å². The third-order valence-corrected chi connectivity index (χ3v) is 2.95. The maximum absolute atomic E-state index is 9.99. The quantitative estimate of drug-likeness (QED) is 0.771. The maximum atomic E-state index is 9.99. The van der Waals surface area contributed by atoms with E-state index in [-0.39, 0.29) is 6.10 Å². The van der Waals surface area contributed by atoms with E-state index in [9.17, 15) is 5.11 Å². The van der Waals surface area contributed by atoms with Crippen LogP contribution in [-0.2, 0) is 7.05 Å². The van der Waals surface area contributed by atoms with Gasteiger partial charge in [0.1, 0.15) is 0 Å². The van der Waals surface area contributed by atoms with E-state index in [2.05, 4.69) is 11.2 Å². The van der Waals surface area contributed by atoms with Gasteiger partial charge in [-0.25, -0.2) is 0 Å². The van der Waals surface area contributed by atoms with Crippen LogP contribution in [0.4, 0.5) is 0 Å². The zero-order valence-corrected chi connectivity index (χ0v) is 9.19. The predicted molar refractivity (Wildman–Crippen MR) is 59.3 cm³/mol. The minimum absolute atomic E-state index is 0.386. The molecule has 2 rings (SSSR count). The molecule has 0 saturated carbocycles. The Kier molecular flexibility index (Phi) is 3.21. The summed E-state index contributed by atoms with van der Waals surface area (Å²) in [7, 11) is 1.87. The number of aliphatic hydroxyl groups excluding tert-OH is 1. The average Bonchev–Trinajstić information content (AvgIpc) is 2.66. The highest BCUT2D eigenvalue weighted by atomic mass is 16.3. The second kappa shape index (κ2) is 4.62. The fourth-order valence-electron chi connectivity index (χ4n) is 2.07. The molecule has 1 atom stereocenters. The monoisotopic (exact) mass is 206 g/mol. The molecule has 15 heavy (non-hydrogen) atoms. The number of hydrogen-bond acceptors (Lipinski definition) is 2. The summed E-state index contributed by atoms with van der Waals surface area (Å²) >= 11 is 0. The first-order valence-electron chi connectivity index (χ1n) is 5.60. The lowest BCUT2D eigenvalue weighted by atomic mass is 9.94. The van der Waals surface area contributed by atoms with E-state index in [1.54, 1.807) is 10.9 Å². The van der Waals surface area contributed by atoms with E-state index in [4.69, 9.17) is 0 Å². The highest BCUT2D eigenvalue weighted by Crippen LogP contribution is 2.27. The third-order valence-electron chi connectivity index (χ3n) is 2.95. The van der Waals surface area contributed by atoms with Crippen LogP contribution in [0.15, 0.2) is 24.0 Å². The van der Waals surface area contributed by atoms with Crippen LogP contribution < -0.4 is 0 Å². The normalized spacial score (nSPS) is 18.7. The maximum Gasteiger partial charge on any atom is 0.0857 e. The van der Waals surface area contributed by atoms with Gasteiger partial charge < -0.3 is 5.11 Å². The number of aryl methyl sites for hydroxylation is 1. The lowest BCUT2D eigenvalue weighted by Crippen LogP contribution is -2.01. The molecule has 0 fully saturated rings. The minimum Gasteiger partial charge on any atom is -0.388 e. The van der Waals surface area contributed by atoms with Gasteiger partial charge in [0.15, 0.2) is 0 Å². The van der Waals surface area contributed by atoms with Crippen molar-refractivity contribution < 1.29 is 5.11 Å². The Morgan fingerprint density at radius 2 is 2.40 bits per heavy atom. The Balaban J connectivity index is 1.97. The number of rotatable bonds is 3. The zero-order chi connectivity index (χ0) is 10.7. The van der Waals surface area contributed by atoms with Crippen LogP contribution in [0.5, 0.6) is 0 Å². The molecule has 0 radical (unpaired) electrons. The molecule has 0 spiro atoms. The third kappa shape index (κ3) is 2.69. The lowest BCUT2D eigenvalue weighted by Gasteiger charge is -2.15. The number of allylic oxidation sites excluding steroid dienone is 1. The van der Waals surface area contributed by atoms with Crippen LogP contribution in [0.3, 0.4) is 0 Å². The summed E-state index contributed by atoms with van der Waals surface area (Å²) in [6.45, 7) is 0. The Bertz CT molecular complexity index is 354. The summed E-state index contributed by atoms with van der Waals surface area (Å²) in [6.07, 6.45) is 11.2. The van der Waals surface area contributed by atoms with E-state index in [0.717, 1.165) is 18.4 Å². The van der Waals surface area contributed by atoms with Crippen molar-refractivity contribution in [3.63, 3.8) is 0 Å². The van der Waals surface area contributed by atoms with E-state index in [1.165, 1.54) is 24.8 Å². The smallest absolute Gasteiger partial charge is 0.0857 e. The molecule has 1 heterocycles. The van der Waals surface area contributed by atoms with Gasteiger partial charge >= 0.3 is 0 Å². The van der Waals surface area contributed by atoms with E-state index >= 15 is 0 Å². The van der Waals surface area contributed by atoms with Crippen LogP contribution in [0.25, 0.3) is 0 Å². The Hall–Kier alpha value is -1.09. The van der Waals surface area contributed by atoms with Crippen LogP contribution in [0.1, 0.15) is 43.8 Å². The Morgan fingerprint density at radius 3 is 3.00 bits per heavy atom. The summed E-state index contributed by atoms with van der Waals surface area (Å²) in [5.41, 5.74) is 2.32. The first-order valence-corrected chi connectivity index (χ1v) is 5.60. The SMILES string of the molecule is Cn1cc(C(O)CC2=CCCCC2)cn1. The highest BCUT2D eigenvalue weighted by Gasteiger charge is 2.13. The van der Waals surface area contributed by atoms with Crippen LogP contribution in [-0.4, -0.2) is 14.9 Å². The van der Waals surface area contributed by atoms with Crippen molar-refractivity contribution in [2.24, 2.45) is 7.05 Å². The van der Waals surface area contributed by atoms with Crippen LogP contribution in [0, 0.1) is 0 Å². The number of nitrogens with zero attached hydrogens (tertiary/aromatic N) is 2. The van der Waals surface area contributed by atoms with Crippen molar-refractivity contribution in [2.75, 3.05) is 0 Å². The van der Waals surface area contributed by atoms with Gasteiger partial charge in [-0.05, 0) is 32.1 Å². The first kappa shape index (κ1) is 10.4. The van der Waals surface area contributed by atoms with Crippen molar-refractivity contribution in [1.82, 2.24) is 9.78 Å². The van der Waals surface area contributed by atoms with Gasteiger partial charge in [0.25, 0.3) is 0 Å². The second-order valence-electron chi connectivity index (χ2n) is 4.28. The Morgan fingerprint density at radius 1 is 1.53 bits per heavy atom. The molecule has 0 bridgehead atoms. The minimum atomic E-state index is -0.386. The summed E-state index contributed by atoms with van der Waals surface area (Å²) in [6, 6.07) is 0. The van der Waals surface area contributed by atoms with Crippen molar-refractivity contribution in [1.29, 1.82) is 0 Å². The molecule has 3 nitrogen and oxygen atoms in total. The summed E-state index contributed by atoms with van der Waals surface area (Å²) < 4.78 is 1.73. The fraction of sp³-hybridized carbons (Fsp3) is 0.583. The lowest BCUT2D eigenvalue weighted by molar-refractivity contribution is 0.176. The molecule has 3 heteroatoms. The van der Waals surface area contributed by atoms with E-state index in [1.807, 2.05) is 13.2 Å². The molecule has 82 valence electrons. The van der Waals surface area contributed by atoms with Crippen LogP contribution in [0.2, 0.25) is 0 Å². The largest absolute Gasteiger partial charge is 0.388 e. The van der Waals surface area contributed by atoms with Gasteiger partial charge in [-0.15, -0.1) is 0 Å². The van der Waals surface area contributed by atoms with Gasteiger partial charge in [-0.2, -0.15) is 5.10 Å². The molecule has 0 saturated heterocycles. The molecular formula is C12H18N2O. The van der Waals surface area contributed by atoms with Gasteiger partial charge in [-0.1, -0.05) is 11.6 Å². The molecule has 0 aliphatic heterocycles. The van der Waals surface area contributed by atoms with Crippen LogP contribution >= 0.6 is 0 Å². The van der Waals surface area contributed by atoms with E-state index < -0.39 is 0 Å². The molecule has 1 aliphatic rings. The molecule has 1 aliphatic carbocycles. The van der Waals surface area contributed by atoms with Gasteiger partial charge in [0.2, 0.25) is 0 Å².